The van der Waals surface area contributed by atoms with Crippen LogP contribution < -0.4 is 11.1 Å². The second-order valence-corrected chi connectivity index (χ2v) is 7.43. The highest BCUT2D eigenvalue weighted by atomic mass is 35.5. The fourth-order valence-electron chi connectivity index (χ4n) is 2.49. The maximum Gasteiger partial charge on any atom is 0.224 e. The van der Waals surface area contributed by atoms with Crippen molar-refractivity contribution in [2.24, 2.45) is 11.7 Å². The van der Waals surface area contributed by atoms with Gasteiger partial charge in [-0.25, -0.2) is 4.98 Å². The number of thiophene rings is 1. The Bertz CT molecular complexity index is 802. The third kappa shape index (κ3) is 3.88. The lowest BCUT2D eigenvalue weighted by molar-refractivity contribution is 0.442. The molecule has 3 rings (SSSR count). The summed E-state index contributed by atoms with van der Waals surface area (Å²) in [6, 6.07) is 5.98. The molecule has 0 saturated carbocycles. The number of fused-ring (bicyclic) bond motifs is 1. The van der Waals surface area contributed by atoms with Crippen LogP contribution >= 0.6 is 22.9 Å². The van der Waals surface area contributed by atoms with Crippen LogP contribution in [-0.4, -0.2) is 16.0 Å². The maximum atomic E-state index is 6.29. The lowest BCUT2D eigenvalue weighted by Gasteiger charge is -2.16. The molecule has 0 aliphatic rings. The van der Waals surface area contributed by atoms with Gasteiger partial charge in [0.1, 0.15) is 11.6 Å². The minimum Gasteiger partial charge on any atom is -0.467 e. The summed E-state index contributed by atoms with van der Waals surface area (Å²) in [6.45, 7) is 4.90. The minimum atomic E-state index is 0.144. The number of anilines is 1. The summed E-state index contributed by atoms with van der Waals surface area (Å²) in [4.78, 5) is 9.86. The molecule has 3 N–H and O–H groups in total. The fourth-order valence-corrected chi connectivity index (χ4v) is 3.80. The van der Waals surface area contributed by atoms with Crippen molar-refractivity contribution in [1.82, 2.24) is 9.97 Å². The molecule has 128 valence electrons. The van der Waals surface area contributed by atoms with Crippen molar-refractivity contribution in [2.75, 3.05) is 5.32 Å². The van der Waals surface area contributed by atoms with Gasteiger partial charge in [0.2, 0.25) is 5.28 Å². The molecule has 0 fully saturated rings. The number of aromatic nitrogens is 2. The van der Waals surface area contributed by atoms with Crippen LogP contribution in [0.2, 0.25) is 5.28 Å². The number of hydrogen-bond acceptors (Lipinski definition) is 6. The molecule has 3 aromatic rings. The van der Waals surface area contributed by atoms with E-state index in [1.54, 1.807) is 17.6 Å². The number of furan rings is 1. The molecule has 0 radical (unpaired) electrons. The van der Waals surface area contributed by atoms with Crippen LogP contribution in [0.25, 0.3) is 10.2 Å². The second-order valence-electron chi connectivity index (χ2n) is 5.95. The van der Waals surface area contributed by atoms with Gasteiger partial charge >= 0.3 is 0 Å². The highest BCUT2D eigenvalue weighted by Crippen LogP contribution is 2.32. The number of nitrogens with zero attached hydrogens (tertiary/aromatic N) is 2. The summed E-state index contributed by atoms with van der Waals surface area (Å²) in [6.07, 6.45) is 3.57. The Balaban J connectivity index is 1.83. The van der Waals surface area contributed by atoms with Crippen molar-refractivity contribution in [3.63, 3.8) is 0 Å². The van der Waals surface area contributed by atoms with Gasteiger partial charge in [0.05, 0.1) is 23.0 Å². The summed E-state index contributed by atoms with van der Waals surface area (Å²) in [5.41, 5.74) is 7.14. The first-order valence-electron chi connectivity index (χ1n) is 8.04. The average Bonchev–Trinajstić information content (AvgIpc) is 3.20. The Morgan fingerprint density at radius 3 is 2.96 bits per heavy atom. The topological polar surface area (TPSA) is 77.0 Å². The third-order valence-electron chi connectivity index (χ3n) is 4.22. The van der Waals surface area contributed by atoms with Crippen LogP contribution in [0.5, 0.6) is 0 Å². The Morgan fingerprint density at radius 1 is 1.42 bits per heavy atom. The highest BCUT2D eigenvalue weighted by molar-refractivity contribution is 7.19. The monoisotopic (exact) mass is 364 g/mol. The van der Waals surface area contributed by atoms with Crippen molar-refractivity contribution in [3.05, 3.63) is 40.4 Å². The van der Waals surface area contributed by atoms with Crippen LogP contribution in [0.1, 0.15) is 30.9 Å². The summed E-state index contributed by atoms with van der Waals surface area (Å²) in [7, 11) is 0. The minimum absolute atomic E-state index is 0.144. The zero-order chi connectivity index (χ0) is 17.1. The Morgan fingerprint density at radius 2 is 2.25 bits per heavy atom. The molecule has 0 saturated heterocycles. The molecule has 0 aliphatic heterocycles. The lowest BCUT2D eigenvalue weighted by atomic mass is 9.97. The van der Waals surface area contributed by atoms with Gasteiger partial charge < -0.3 is 15.5 Å². The predicted octanol–water partition coefficient (Wildman–Crippen LogP) is 4.47. The maximum absolute atomic E-state index is 6.29. The molecule has 5 nitrogen and oxygen atoms in total. The van der Waals surface area contributed by atoms with Gasteiger partial charge in [-0.05, 0) is 42.1 Å². The molecule has 0 bridgehead atoms. The Hall–Kier alpha value is -1.63. The van der Waals surface area contributed by atoms with E-state index in [9.17, 15) is 0 Å². The number of halogens is 1. The van der Waals surface area contributed by atoms with Crippen molar-refractivity contribution in [1.29, 1.82) is 0 Å². The molecular formula is C17H21ClN4OS. The summed E-state index contributed by atoms with van der Waals surface area (Å²) >= 11 is 7.74. The molecule has 3 heterocycles. The van der Waals surface area contributed by atoms with Gasteiger partial charge in [-0.1, -0.05) is 20.3 Å². The zero-order valence-electron chi connectivity index (χ0n) is 13.8. The average molecular weight is 365 g/mol. The first-order chi connectivity index (χ1) is 11.6. The largest absolute Gasteiger partial charge is 0.467 e. The summed E-state index contributed by atoms with van der Waals surface area (Å²) in [5, 5.41) is 3.52. The van der Waals surface area contributed by atoms with Gasteiger partial charge in [-0.3, -0.25) is 0 Å². The quantitative estimate of drug-likeness (QED) is 0.605. The van der Waals surface area contributed by atoms with Gasteiger partial charge in [0.25, 0.3) is 0 Å². The normalized spacial score (nSPS) is 14.0. The lowest BCUT2D eigenvalue weighted by Crippen LogP contribution is -2.29. The first kappa shape index (κ1) is 17.2. The number of rotatable bonds is 7. The van der Waals surface area contributed by atoms with Crippen LogP contribution in [0.4, 0.5) is 5.82 Å². The number of nitrogens with one attached hydrogen (secondary N) is 1. The van der Waals surface area contributed by atoms with E-state index in [1.165, 1.54) is 4.88 Å². The van der Waals surface area contributed by atoms with Crippen molar-refractivity contribution >= 4 is 39.0 Å². The van der Waals surface area contributed by atoms with E-state index in [0.29, 0.717) is 12.5 Å². The molecule has 0 aliphatic carbocycles. The Labute approximate surface area is 150 Å². The molecular weight excluding hydrogens is 344 g/mol. The van der Waals surface area contributed by atoms with E-state index in [4.69, 9.17) is 21.8 Å². The summed E-state index contributed by atoms with van der Waals surface area (Å²) < 4.78 is 6.34. The second kappa shape index (κ2) is 7.51. The molecule has 0 spiro atoms. The van der Waals surface area contributed by atoms with Crippen LogP contribution in [-0.2, 0) is 13.0 Å². The van der Waals surface area contributed by atoms with E-state index in [-0.39, 0.29) is 11.3 Å². The van der Waals surface area contributed by atoms with Gasteiger partial charge in [-0.2, -0.15) is 4.98 Å². The van der Waals surface area contributed by atoms with Crippen LogP contribution in [0, 0.1) is 5.92 Å². The standard InChI is InChI=1S/C17H21ClN4OS/c1-3-10(2)13(19)7-12-8-14-15(24-12)16(22-17(18)21-14)20-9-11-5-4-6-23-11/h4-6,8,10,13H,3,7,9,19H2,1-2H3,(H,20,21,22). The van der Waals surface area contributed by atoms with Crippen LogP contribution in [0.3, 0.4) is 0 Å². The first-order valence-corrected chi connectivity index (χ1v) is 9.24. The molecule has 0 aromatic carbocycles. The fraction of sp³-hybridized carbons (Fsp3) is 0.412. The van der Waals surface area contributed by atoms with E-state index in [0.717, 1.165) is 34.6 Å². The smallest absolute Gasteiger partial charge is 0.224 e. The van der Waals surface area contributed by atoms with E-state index in [2.05, 4.69) is 35.2 Å². The van der Waals surface area contributed by atoms with Gasteiger partial charge in [-0.15, -0.1) is 11.3 Å². The molecule has 7 heteroatoms. The van der Waals surface area contributed by atoms with Gasteiger partial charge in [0, 0.05) is 10.9 Å². The van der Waals surface area contributed by atoms with Crippen molar-refractivity contribution in [3.8, 4) is 0 Å². The van der Waals surface area contributed by atoms with Crippen molar-refractivity contribution < 1.29 is 4.42 Å². The van der Waals surface area contributed by atoms with Crippen molar-refractivity contribution in [2.45, 2.75) is 39.3 Å². The Kier molecular flexibility index (Phi) is 5.38. The van der Waals surface area contributed by atoms with Crippen LogP contribution in [0.15, 0.2) is 28.9 Å². The molecule has 2 unspecified atom stereocenters. The summed E-state index contributed by atoms with van der Waals surface area (Å²) in [5.74, 6) is 2.06. The number of hydrogen-bond donors (Lipinski definition) is 2. The van der Waals surface area contributed by atoms with Gasteiger partial charge in [0.15, 0.2) is 0 Å². The third-order valence-corrected chi connectivity index (χ3v) is 5.54. The molecule has 2 atom stereocenters. The SMILES string of the molecule is CCC(C)C(N)Cc1cc2nc(Cl)nc(NCc3ccco3)c2s1. The van der Waals surface area contributed by atoms with E-state index >= 15 is 0 Å². The molecule has 3 aromatic heterocycles. The molecule has 24 heavy (non-hydrogen) atoms. The van der Waals surface area contributed by atoms with E-state index < -0.39 is 0 Å². The van der Waals surface area contributed by atoms with E-state index in [1.807, 2.05) is 12.1 Å². The predicted molar refractivity (Wildman–Crippen MR) is 99.6 cm³/mol. The molecule has 0 amide bonds. The zero-order valence-corrected chi connectivity index (χ0v) is 15.3. The number of nitrogens with two attached hydrogens (primary N) is 1. The highest BCUT2D eigenvalue weighted by Gasteiger charge is 2.16.